The third kappa shape index (κ3) is 5.53. The number of alkyl halides is 6. The van der Waals surface area contributed by atoms with Crippen LogP contribution in [0.15, 0.2) is 53.1 Å². The molecule has 3 rings (SSSR count). The largest absolute Gasteiger partial charge is 0.439 e. The van der Waals surface area contributed by atoms with E-state index in [4.69, 9.17) is 9.68 Å². The van der Waals surface area contributed by atoms with E-state index in [2.05, 4.69) is 4.98 Å². The van der Waals surface area contributed by atoms with E-state index in [1.54, 1.807) is 0 Å². The second-order valence-corrected chi connectivity index (χ2v) is 6.45. The number of hydrogen-bond acceptors (Lipinski definition) is 4. The minimum atomic E-state index is -4.92. The van der Waals surface area contributed by atoms with Crippen molar-refractivity contribution in [1.82, 2.24) is 4.98 Å². The molecule has 2 aromatic carbocycles. The minimum Gasteiger partial charge on any atom is -0.439 e. The molecule has 0 saturated carbocycles. The number of rotatable bonds is 5. The highest BCUT2D eigenvalue weighted by atomic mass is 19.4. The molecule has 0 aliphatic heterocycles. The molecular formula is C20H12F7N3O. The molecule has 31 heavy (non-hydrogen) atoms. The average Bonchev–Trinajstić information content (AvgIpc) is 3.14. The number of hydrogen-bond donors (Lipinski definition) is 0. The second-order valence-electron chi connectivity index (χ2n) is 6.45. The Morgan fingerprint density at radius 3 is 2.26 bits per heavy atom. The lowest BCUT2D eigenvalue weighted by atomic mass is 10.1. The Hall–Kier alpha value is -3.55. The van der Waals surface area contributed by atoms with Gasteiger partial charge in [0.25, 0.3) is 0 Å². The lowest BCUT2D eigenvalue weighted by Crippen LogP contribution is -2.34. The molecule has 3 aromatic rings. The smallest absolute Gasteiger partial charge is 0.417 e. The van der Waals surface area contributed by atoms with E-state index in [1.165, 1.54) is 18.2 Å². The zero-order chi connectivity index (χ0) is 22.8. The third-order valence-corrected chi connectivity index (χ3v) is 4.16. The number of nitrogens with zero attached hydrogens (tertiary/aromatic N) is 3. The Balaban J connectivity index is 1.94. The summed E-state index contributed by atoms with van der Waals surface area (Å²) in [6.45, 7) is -2.11. The Labute approximate surface area is 171 Å². The van der Waals surface area contributed by atoms with Crippen LogP contribution in [0.25, 0.3) is 11.5 Å². The van der Waals surface area contributed by atoms with Crippen molar-refractivity contribution in [1.29, 1.82) is 5.26 Å². The van der Waals surface area contributed by atoms with Gasteiger partial charge >= 0.3 is 12.4 Å². The first-order valence-corrected chi connectivity index (χ1v) is 8.60. The molecular weight excluding hydrogens is 431 g/mol. The monoisotopic (exact) mass is 443 g/mol. The van der Waals surface area contributed by atoms with Gasteiger partial charge in [-0.05, 0) is 42.5 Å². The SMILES string of the molecule is N#Cc1ccc(N(Cc2cnc(-c3ccc(F)cc3)o2)CC(F)(F)F)cc1C(F)(F)F. The van der Waals surface area contributed by atoms with Crippen molar-refractivity contribution >= 4 is 5.69 Å². The van der Waals surface area contributed by atoms with E-state index in [0.29, 0.717) is 16.5 Å². The van der Waals surface area contributed by atoms with Crippen molar-refractivity contribution in [2.45, 2.75) is 18.9 Å². The summed E-state index contributed by atoms with van der Waals surface area (Å²) < 4.78 is 97.3. The molecule has 0 fully saturated rings. The summed E-state index contributed by atoms with van der Waals surface area (Å²) in [5.41, 5.74) is -2.08. The van der Waals surface area contributed by atoms with Crippen molar-refractivity contribution in [3.63, 3.8) is 0 Å². The van der Waals surface area contributed by atoms with Crippen LogP contribution in [0.3, 0.4) is 0 Å². The molecule has 1 heterocycles. The lowest BCUT2D eigenvalue weighted by molar-refractivity contribution is -0.137. The number of halogens is 7. The van der Waals surface area contributed by atoms with Gasteiger partial charge < -0.3 is 9.32 Å². The molecule has 0 atom stereocenters. The van der Waals surface area contributed by atoms with Gasteiger partial charge in [-0.3, -0.25) is 0 Å². The quantitative estimate of drug-likeness (QED) is 0.458. The lowest BCUT2D eigenvalue weighted by Gasteiger charge is -2.26. The number of nitriles is 1. The molecule has 0 saturated heterocycles. The van der Waals surface area contributed by atoms with Crippen LogP contribution < -0.4 is 4.90 Å². The van der Waals surface area contributed by atoms with Gasteiger partial charge in [-0.2, -0.15) is 31.6 Å². The standard InChI is InChI=1S/C20H12F7N3O/c21-14-4-1-12(2-5-14)18-29-9-16(31-18)10-30(11-19(22,23)24)15-6-3-13(8-28)17(7-15)20(25,26)27/h1-7,9H,10-11H2. The van der Waals surface area contributed by atoms with Crippen molar-refractivity contribution < 1.29 is 35.2 Å². The van der Waals surface area contributed by atoms with Crippen LogP contribution in [-0.2, 0) is 12.7 Å². The van der Waals surface area contributed by atoms with Gasteiger partial charge in [0.15, 0.2) is 0 Å². The molecule has 0 aliphatic rings. The normalized spacial score (nSPS) is 11.9. The van der Waals surface area contributed by atoms with Crippen molar-refractivity contribution in [3.8, 4) is 17.5 Å². The first-order valence-electron chi connectivity index (χ1n) is 8.60. The highest BCUT2D eigenvalue weighted by Gasteiger charge is 2.36. The maximum absolute atomic E-state index is 13.2. The van der Waals surface area contributed by atoms with Crippen LogP contribution in [0, 0.1) is 17.1 Å². The van der Waals surface area contributed by atoms with Gasteiger partial charge in [0.05, 0.1) is 29.9 Å². The van der Waals surface area contributed by atoms with Crippen LogP contribution in [0.5, 0.6) is 0 Å². The Morgan fingerprint density at radius 2 is 1.68 bits per heavy atom. The predicted octanol–water partition coefficient (Wildman–Crippen LogP) is 5.94. The average molecular weight is 443 g/mol. The molecule has 0 aliphatic carbocycles. The summed E-state index contributed by atoms with van der Waals surface area (Å²) in [5, 5.41) is 8.87. The predicted molar refractivity (Wildman–Crippen MR) is 95.2 cm³/mol. The number of oxazole rings is 1. The Kier molecular flexibility index (Phi) is 5.92. The molecule has 11 heteroatoms. The summed E-state index contributed by atoms with van der Waals surface area (Å²) in [7, 11) is 0. The zero-order valence-corrected chi connectivity index (χ0v) is 15.4. The van der Waals surface area contributed by atoms with E-state index in [1.807, 2.05) is 0 Å². The minimum absolute atomic E-state index is 0.0118. The van der Waals surface area contributed by atoms with E-state index >= 15 is 0 Å². The summed E-state index contributed by atoms with van der Waals surface area (Å²) in [5.74, 6) is -0.549. The number of aromatic nitrogens is 1. The first-order chi connectivity index (χ1) is 14.5. The number of anilines is 1. The van der Waals surface area contributed by atoms with E-state index in [9.17, 15) is 30.7 Å². The fourth-order valence-electron chi connectivity index (χ4n) is 2.81. The second kappa shape index (κ2) is 8.29. The van der Waals surface area contributed by atoms with Gasteiger partial charge in [-0.15, -0.1) is 0 Å². The van der Waals surface area contributed by atoms with Crippen LogP contribution in [0.4, 0.5) is 36.4 Å². The Bertz CT molecular complexity index is 1100. The maximum atomic E-state index is 13.2. The molecule has 0 N–H and O–H groups in total. The highest BCUT2D eigenvalue weighted by molar-refractivity contribution is 5.56. The van der Waals surface area contributed by atoms with Crippen LogP contribution in [0.2, 0.25) is 0 Å². The summed E-state index contributed by atoms with van der Waals surface area (Å²) >= 11 is 0. The van der Waals surface area contributed by atoms with E-state index in [-0.39, 0.29) is 11.7 Å². The molecule has 0 radical (unpaired) electrons. The molecule has 0 unspecified atom stereocenters. The van der Waals surface area contributed by atoms with Gasteiger partial charge in [0.1, 0.15) is 18.1 Å². The van der Waals surface area contributed by atoms with Gasteiger partial charge in [-0.25, -0.2) is 9.37 Å². The number of benzene rings is 2. The Morgan fingerprint density at radius 1 is 1.00 bits per heavy atom. The summed E-state index contributed by atoms with van der Waals surface area (Å²) in [4.78, 5) is 4.55. The molecule has 4 nitrogen and oxygen atoms in total. The maximum Gasteiger partial charge on any atom is 0.417 e. The van der Waals surface area contributed by atoms with Gasteiger partial charge in [-0.1, -0.05) is 0 Å². The molecule has 162 valence electrons. The first kappa shape index (κ1) is 22.1. The van der Waals surface area contributed by atoms with Crippen LogP contribution in [-0.4, -0.2) is 17.7 Å². The molecule has 1 aromatic heterocycles. The van der Waals surface area contributed by atoms with Crippen molar-refractivity contribution in [2.75, 3.05) is 11.4 Å². The van der Waals surface area contributed by atoms with Crippen LogP contribution >= 0.6 is 0 Å². The van der Waals surface area contributed by atoms with Gasteiger partial charge in [0.2, 0.25) is 5.89 Å². The fraction of sp³-hybridized carbons (Fsp3) is 0.200. The topological polar surface area (TPSA) is 53.1 Å². The molecule has 0 amide bonds. The van der Waals surface area contributed by atoms with Gasteiger partial charge in [0, 0.05) is 11.3 Å². The van der Waals surface area contributed by atoms with E-state index in [0.717, 1.165) is 30.5 Å². The highest BCUT2D eigenvalue weighted by Crippen LogP contribution is 2.35. The zero-order valence-electron chi connectivity index (χ0n) is 15.4. The molecule has 0 spiro atoms. The third-order valence-electron chi connectivity index (χ3n) is 4.16. The summed E-state index contributed by atoms with van der Waals surface area (Å²) in [6.07, 6.45) is -8.52. The van der Waals surface area contributed by atoms with Crippen LogP contribution in [0.1, 0.15) is 16.9 Å². The molecule has 0 bridgehead atoms. The van der Waals surface area contributed by atoms with Crippen molar-refractivity contribution in [2.24, 2.45) is 0 Å². The summed E-state index contributed by atoms with van der Waals surface area (Å²) in [6, 6.07) is 8.67. The van der Waals surface area contributed by atoms with Crippen molar-refractivity contribution in [3.05, 3.63) is 71.4 Å². The fourth-order valence-corrected chi connectivity index (χ4v) is 2.81. The van der Waals surface area contributed by atoms with E-state index < -0.39 is 48.1 Å².